The highest BCUT2D eigenvalue weighted by Crippen LogP contribution is 2.32. The topological polar surface area (TPSA) is 84.5 Å². The third-order valence-electron chi connectivity index (χ3n) is 4.30. The molecule has 170 valence electrons. The average molecular weight is 525 g/mol. The second-order valence-electron chi connectivity index (χ2n) is 7.05. The van der Waals surface area contributed by atoms with Gasteiger partial charge in [0.2, 0.25) is 10.0 Å². The fourth-order valence-corrected chi connectivity index (χ4v) is 4.83. The third-order valence-corrected chi connectivity index (χ3v) is 6.55. The van der Waals surface area contributed by atoms with Gasteiger partial charge in [-0.1, -0.05) is 23.2 Å². The van der Waals surface area contributed by atoms with Gasteiger partial charge < -0.3 is 10.1 Å². The van der Waals surface area contributed by atoms with Crippen LogP contribution in [0.4, 0.5) is 15.8 Å². The third kappa shape index (κ3) is 5.94. The largest absolute Gasteiger partial charge is 0.457 e. The lowest BCUT2D eigenvalue weighted by molar-refractivity contribution is 0.103. The van der Waals surface area contributed by atoms with Crippen LogP contribution in [0.5, 0.6) is 11.5 Å². The lowest BCUT2D eigenvalue weighted by atomic mass is 10.2. The molecule has 6 nitrogen and oxygen atoms in total. The summed E-state index contributed by atoms with van der Waals surface area (Å²) in [5.41, 5.74) is 0.791. The van der Waals surface area contributed by atoms with Gasteiger partial charge in [0.15, 0.2) is 0 Å². The molecule has 0 aliphatic carbocycles. The van der Waals surface area contributed by atoms with Crippen LogP contribution in [0, 0.1) is 5.82 Å². The molecule has 33 heavy (non-hydrogen) atoms. The molecule has 2 N–H and O–H groups in total. The molecule has 0 unspecified atom stereocenters. The van der Waals surface area contributed by atoms with Crippen molar-refractivity contribution in [3.63, 3.8) is 0 Å². The molecule has 0 aliphatic heterocycles. The highest BCUT2D eigenvalue weighted by atomic mass is 35.5. The fraction of sp³-hybridized carbons (Fsp3) is 0.0455. The average Bonchev–Trinajstić information content (AvgIpc) is 3.13. The van der Waals surface area contributed by atoms with Gasteiger partial charge in [0.1, 0.15) is 17.3 Å². The van der Waals surface area contributed by atoms with Gasteiger partial charge in [-0.3, -0.25) is 9.52 Å². The zero-order valence-electron chi connectivity index (χ0n) is 16.9. The number of thiophene rings is 1. The van der Waals surface area contributed by atoms with E-state index in [1.165, 1.54) is 29.5 Å². The van der Waals surface area contributed by atoms with Crippen LogP contribution >= 0.6 is 34.5 Å². The van der Waals surface area contributed by atoms with Gasteiger partial charge in [-0.25, -0.2) is 12.8 Å². The number of ether oxygens (including phenoxy) is 1. The van der Waals surface area contributed by atoms with E-state index in [2.05, 4.69) is 10.0 Å². The quantitative estimate of drug-likeness (QED) is 0.291. The highest BCUT2D eigenvalue weighted by molar-refractivity contribution is 7.92. The van der Waals surface area contributed by atoms with E-state index in [0.29, 0.717) is 27.0 Å². The van der Waals surface area contributed by atoms with E-state index < -0.39 is 15.8 Å². The van der Waals surface area contributed by atoms with Crippen LogP contribution < -0.4 is 14.8 Å². The number of anilines is 2. The van der Waals surface area contributed by atoms with Gasteiger partial charge in [-0.2, -0.15) is 0 Å². The Kier molecular flexibility index (Phi) is 6.49. The van der Waals surface area contributed by atoms with Gasteiger partial charge in [-0.05, 0) is 53.9 Å². The molecule has 0 atom stereocenters. The molecule has 1 amide bonds. The Balaban J connectivity index is 1.54. The van der Waals surface area contributed by atoms with E-state index >= 15 is 0 Å². The Bertz CT molecular complexity index is 1490. The van der Waals surface area contributed by atoms with Gasteiger partial charge >= 0.3 is 0 Å². The molecule has 1 aromatic heterocycles. The summed E-state index contributed by atoms with van der Waals surface area (Å²) in [5, 5.41) is 3.77. The van der Waals surface area contributed by atoms with E-state index in [1.54, 1.807) is 36.4 Å². The summed E-state index contributed by atoms with van der Waals surface area (Å²) >= 11 is 13.1. The highest BCUT2D eigenvalue weighted by Gasteiger charge is 2.13. The Morgan fingerprint density at radius 1 is 0.970 bits per heavy atom. The number of carbonyl (C=O) groups excluding carboxylic acids is 1. The maximum atomic E-state index is 13.7. The molecule has 0 radical (unpaired) electrons. The van der Waals surface area contributed by atoms with Crippen LogP contribution in [-0.2, 0) is 10.0 Å². The number of fused-ring (bicyclic) bond motifs is 1. The van der Waals surface area contributed by atoms with E-state index in [1.807, 2.05) is 0 Å². The van der Waals surface area contributed by atoms with Crippen molar-refractivity contribution in [2.75, 3.05) is 16.3 Å². The van der Waals surface area contributed by atoms with Crippen molar-refractivity contribution in [2.24, 2.45) is 0 Å². The van der Waals surface area contributed by atoms with Gasteiger partial charge in [0.05, 0.1) is 16.2 Å². The summed E-state index contributed by atoms with van der Waals surface area (Å²) in [6.45, 7) is 0. The first-order valence-electron chi connectivity index (χ1n) is 9.32. The van der Waals surface area contributed by atoms with Crippen LogP contribution in [-0.4, -0.2) is 20.6 Å². The summed E-state index contributed by atoms with van der Waals surface area (Å²) in [6.07, 6.45) is 1.07. The molecule has 3 aromatic carbocycles. The van der Waals surface area contributed by atoms with Crippen molar-refractivity contribution >= 4 is 71.9 Å². The van der Waals surface area contributed by atoms with E-state index in [4.69, 9.17) is 27.9 Å². The SMILES string of the molecule is CS(=O)(=O)Nc1ccc2sc(C(=O)Nc3cc(Cl)cc(Oc4ccc(Cl)c(F)c4)c3)cc2c1. The molecule has 1 heterocycles. The number of hydrogen-bond acceptors (Lipinski definition) is 5. The number of sulfonamides is 1. The van der Waals surface area contributed by atoms with E-state index in [-0.39, 0.29) is 16.7 Å². The first-order chi connectivity index (χ1) is 15.6. The number of amides is 1. The minimum Gasteiger partial charge on any atom is -0.457 e. The van der Waals surface area contributed by atoms with Crippen molar-refractivity contribution < 1.29 is 22.3 Å². The second-order valence-corrected chi connectivity index (χ2v) is 10.7. The predicted octanol–water partition coefficient (Wildman–Crippen LogP) is 6.76. The predicted molar refractivity (Wildman–Crippen MR) is 131 cm³/mol. The van der Waals surface area contributed by atoms with Crippen molar-refractivity contribution in [1.82, 2.24) is 0 Å². The fourth-order valence-electron chi connectivity index (χ4n) is 3.00. The first-order valence-corrected chi connectivity index (χ1v) is 12.8. The van der Waals surface area contributed by atoms with Crippen LogP contribution in [0.1, 0.15) is 9.67 Å². The summed E-state index contributed by atoms with van der Waals surface area (Å²) in [7, 11) is -3.41. The van der Waals surface area contributed by atoms with Crippen LogP contribution in [0.15, 0.2) is 60.7 Å². The lowest BCUT2D eigenvalue weighted by Crippen LogP contribution is -2.10. The molecular weight excluding hydrogens is 510 g/mol. The molecule has 0 saturated carbocycles. The molecule has 0 aliphatic rings. The number of rotatable bonds is 6. The Hall–Kier alpha value is -2.85. The minimum atomic E-state index is -3.41. The van der Waals surface area contributed by atoms with Crippen molar-refractivity contribution in [3.05, 3.63) is 81.4 Å². The molecule has 0 spiro atoms. The van der Waals surface area contributed by atoms with E-state index in [9.17, 15) is 17.6 Å². The van der Waals surface area contributed by atoms with Crippen LogP contribution in [0.3, 0.4) is 0 Å². The van der Waals surface area contributed by atoms with Crippen LogP contribution in [0.2, 0.25) is 10.0 Å². The summed E-state index contributed by atoms with van der Waals surface area (Å²) < 4.78 is 45.4. The molecule has 4 aromatic rings. The first kappa shape index (κ1) is 23.3. The lowest BCUT2D eigenvalue weighted by Gasteiger charge is -2.10. The summed E-state index contributed by atoms with van der Waals surface area (Å²) in [5.74, 6) is -0.476. The van der Waals surface area contributed by atoms with Crippen molar-refractivity contribution in [1.29, 1.82) is 0 Å². The normalized spacial score (nSPS) is 11.4. The molecular formula is C22H15Cl2FN2O4S2. The van der Waals surface area contributed by atoms with Gasteiger partial charge in [0.25, 0.3) is 5.91 Å². The number of nitrogens with one attached hydrogen (secondary N) is 2. The number of halogens is 3. The Labute approximate surface area is 203 Å². The summed E-state index contributed by atoms with van der Waals surface area (Å²) in [6, 6.07) is 15.3. The maximum Gasteiger partial charge on any atom is 0.265 e. The smallest absolute Gasteiger partial charge is 0.265 e. The number of carbonyl (C=O) groups is 1. The van der Waals surface area contributed by atoms with Gasteiger partial charge in [-0.15, -0.1) is 11.3 Å². The van der Waals surface area contributed by atoms with E-state index in [0.717, 1.165) is 22.4 Å². The minimum absolute atomic E-state index is 0.0241. The zero-order valence-corrected chi connectivity index (χ0v) is 20.0. The molecule has 0 bridgehead atoms. The monoisotopic (exact) mass is 524 g/mol. The second kappa shape index (κ2) is 9.18. The Morgan fingerprint density at radius 2 is 1.76 bits per heavy atom. The van der Waals surface area contributed by atoms with Crippen molar-refractivity contribution in [3.8, 4) is 11.5 Å². The number of benzene rings is 3. The van der Waals surface area contributed by atoms with Gasteiger partial charge in [0, 0.05) is 33.2 Å². The van der Waals surface area contributed by atoms with Crippen molar-refractivity contribution in [2.45, 2.75) is 0 Å². The molecule has 0 saturated heterocycles. The zero-order chi connectivity index (χ0) is 23.8. The maximum absolute atomic E-state index is 13.7. The number of hydrogen-bond donors (Lipinski definition) is 2. The molecule has 11 heteroatoms. The van der Waals surface area contributed by atoms with Crippen LogP contribution in [0.25, 0.3) is 10.1 Å². The molecule has 0 fully saturated rings. The Morgan fingerprint density at radius 3 is 2.48 bits per heavy atom. The molecule has 4 rings (SSSR count). The standard InChI is InChI=1S/C22H15Cl2FN2O4S2/c1-33(29,30)27-14-2-5-20-12(6-14)7-21(32-20)22(28)26-15-8-13(23)9-17(10-15)31-16-3-4-18(24)19(25)11-16/h2-11,27H,1H3,(H,26,28). The summed E-state index contributed by atoms with van der Waals surface area (Å²) in [4.78, 5) is 13.2.